The number of thiazole rings is 1. The normalized spacial score (nSPS) is 11.1. The molecule has 172 valence electrons. The molecule has 2 aromatic heterocycles. The second kappa shape index (κ2) is 10.8. The summed E-state index contributed by atoms with van der Waals surface area (Å²) in [5.74, 6) is 0.683. The SMILES string of the molecule is CCCCOc1ccc(C(=O)N(CCCn2ccnc2)c2nc3c(C)ccc(Cl)c3s2)cc1. The van der Waals surface area contributed by atoms with Gasteiger partial charge in [-0.05, 0) is 55.7 Å². The van der Waals surface area contributed by atoms with Crippen LogP contribution in [0.5, 0.6) is 5.75 Å². The maximum atomic E-state index is 13.6. The van der Waals surface area contributed by atoms with Crippen molar-refractivity contribution in [3.63, 3.8) is 0 Å². The molecular formula is C25H27ClN4O2S. The molecule has 0 aliphatic heterocycles. The van der Waals surface area contributed by atoms with Crippen molar-refractivity contribution in [3.8, 4) is 5.75 Å². The number of carbonyl (C=O) groups excluding carboxylic acids is 1. The van der Waals surface area contributed by atoms with Gasteiger partial charge in [-0.25, -0.2) is 9.97 Å². The van der Waals surface area contributed by atoms with Crippen LogP contribution in [0.25, 0.3) is 10.2 Å². The van der Waals surface area contributed by atoms with Crippen LogP contribution in [-0.2, 0) is 6.54 Å². The van der Waals surface area contributed by atoms with Crippen LogP contribution in [0.15, 0.2) is 55.1 Å². The minimum absolute atomic E-state index is 0.0893. The Morgan fingerprint density at radius 1 is 1.18 bits per heavy atom. The molecular weight excluding hydrogens is 456 g/mol. The number of carbonyl (C=O) groups is 1. The molecule has 0 saturated carbocycles. The Hall–Kier alpha value is -2.90. The van der Waals surface area contributed by atoms with Crippen LogP contribution in [0.4, 0.5) is 5.13 Å². The average molecular weight is 483 g/mol. The maximum absolute atomic E-state index is 13.6. The van der Waals surface area contributed by atoms with Gasteiger partial charge in [0.05, 0.1) is 28.2 Å². The number of fused-ring (bicyclic) bond motifs is 1. The summed E-state index contributed by atoms with van der Waals surface area (Å²) in [6.07, 6.45) is 8.31. The Bertz CT molecular complexity index is 1170. The van der Waals surface area contributed by atoms with Gasteiger partial charge in [0.15, 0.2) is 5.13 Å². The first kappa shape index (κ1) is 23.3. The first-order valence-electron chi connectivity index (χ1n) is 11.1. The number of aromatic nitrogens is 3. The molecule has 0 aliphatic rings. The lowest BCUT2D eigenvalue weighted by molar-refractivity contribution is 0.0986. The maximum Gasteiger partial charge on any atom is 0.260 e. The highest BCUT2D eigenvalue weighted by Gasteiger charge is 2.22. The van der Waals surface area contributed by atoms with Crippen molar-refractivity contribution in [2.24, 2.45) is 0 Å². The van der Waals surface area contributed by atoms with Crippen LogP contribution in [-0.4, -0.2) is 33.6 Å². The Balaban J connectivity index is 1.58. The number of aryl methyl sites for hydroxylation is 2. The average Bonchev–Trinajstić information content (AvgIpc) is 3.50. The third-order valence-corrected chi connectivity index (χ3v) is 6.93. The lowest BCUT2D eigenvalue weighted by Gasteiger charge is -2.20. The van der Waals surface area contributed by atoms with Crippen molar-refractivity contribution in [2.75, 3.05) is 18.1 Å². The van der Waals surface area contributed by atoms with E-state index in [9.17, 15) is 4.79 Å². The summed E-state index contributed by atoms with van der Waals surface area (Å²) in [5.41, 5.74) is 2.48. The van der Waals surface area contributed by atoms with Crippen molar-refractivity contribution in [3.05, 3.63) is 71.3 Å². The highest BCUT2D eigenvalue weighted by Crippen LogP contribution is 2.36. The lowest BCUT2D eigenvalue weighted by Crippen LogP contribution is -2.32. The fourth-order valence-electron chi connectivity index (χ4n) is 3.50. The largest absolute Gasteiger partial charge is 0.494 e. The number of rotatable bonds is 10. The monoisotopic (exact) mass is 482 g/mol. The minimum Gasteiger partial charge on any atom is -0.494 e. The zero-order valence-corrected chi connectivity index (χ0v) is 20.4. The van der Waals surface area contributed by atoms with E-state index in [0.29, 0.717) is 28.9 Å². The molecule has 0 saturated heterocycles. The molecule has 1 amide bonds. The summed E-state index contributed by atoms with van der Waals surface area (Å²) < 4.78 is 8.65. The lowest BCUT2D eigenvalue weighted by atomic mass is 10.2. The third-order valence-electron chi connectivity index (χ3n) is 5.39. The Labute approximate surface area is 202 Å². The van der Waals surface area contributed by atoms with Crippen LogP contribution < -0.4 is 9.64 Å². The quantitative estimate of drug-likeness (QED) is 0.246. The van der Waals surface area contributed by atoms with Gasteiger partial charge in [0.2, 0.25) is 0 Å². The highest BCUT2D eigenvalue weighted by atomic mass is 35.5. The number of nitrogens with zero attached hydrogens (tertiary/aromatic N) is 4. The topological polar surface area (TPSA) is 60.2 Å². The first-order valence-corrected chi connectivity index (χ1v) is 12.3. The molecule has 0 radical (unpaired) electrons. The van der Waals surface area contributed by atoms with Crippen LogP contribution >= 0.6 is 22.9 Å². The van der Waals surface area contributed by atoms with Gasteiger partial charge in [-0.15, -0.1) is 0 Å². The molecule has 0 fully saturated rings. The van der Waals surface area contributed by atoms with Crippen molar-refractivity contribution in [1.29, 1.82) is 0 Å². The standard InChI is InChI=1S/C25H27ClN4O2S/c1-3-4-16-32-20-9-7-19(8-10-20)24(31)30(14-5-13-29-15-12-27-17-29)25-28-22-18(2)6-11-21(26)23(22)33-25/h6-12,15,17H,3-5,13-14,16H2,1-2H3. The number of hydrogen-bond acceptors (Lipinski definition) is 5. The number of benzene rings is 2. The van der Waals surface area contributed by atoms with Gasteiger partial charge >= 0.3 is 0 Å². The van der Waals surface area contributed by atoms with Gasteiger partial charge in [-0.3, -0.25) is 9.69 Å². The van der Waals surface area contributed by atoms with Crippen molar-refractivity contribution < 1.29 is 9.53 Å². The van der Waals surface area contributed by atoms with E-state index in [4.69, 9.17) is 21.3 Å². The summed E-state index contributed by atoms with van der Waals surface area (Å²) in [7, 11) is 0. The number of ether oxygens (including phenoxy) is 1. The second-order valence-corrected chi connectivity index (χ2v) is 9.26. The summed E-state index contributed by atoms with van der Waals surface area (Å²) >= 11 is 7.88. The molecule has 0 aliphatic carbocycles. The summed E-state index contributed by atoms with van der Waals surface area (Å²) in [4.78, 5) is 24.2. The second-order valence-electron chi connectivity index (χ2n) is 7.88. The van der Waals surface area contributed by atoms with Gasteiger partial charge in [0, 0.05) is 31.0 Å². The van der Waals surface area contributed by atoms with Gasteiger partial charge < -0.3 is 9.30 Å². The number of amides is 1. The fourth-order valence-corrected chi connectivity index (χ4v) is 4.85. The molecule has 8 heteroatoms. The van der Waals surface area contributed by atoms with Gasteiger partial charge in [0.25, 0.3) is 5.91 Å². The third kappa shape index (κ3) is 5.54. The van der Waals surface area contributed by atoms with E-state index in [1.165, 1.54) is 11.3 Å². The molecule has 2 aromatic carbocycles. The number of anilines is 1. The Morgan fingerprint density at radius 2 is 2.00 bits per heavy atom. The van der Waals surface area contributed by atoms with E-state index >= 15 is 0 Å². The number of halogens is 1. The molecule has 33 heavy (non-hydrogen) atoms. The summed E-state index contributed by atoms with van der Waals surface area (Å²) in [6.45, 7) is 6.10. The summed E-state index contributed by atoms with van der Waals surface area (Å²) in [5, 5.41) is 1.30. The van der Waals surface area contributed by atoms with Crippen molar-refractivity contribution >= 4 is 44.2 Å². The number of unbranched alkanes of at least 4 members (excludes halogenated alkanes) is 1. The predicted molar refractivity (Wildman–Crippen MR) is 135 cm³/mol. The molecule has 4 aromatic rings. The van der Waals surface area contributed by atoms with Crippen LogP contribution in [0.2, 0.25) is 5.02 Å². The predicted octanol–water partition coefficient (Wildman–Crippen LogP) is 6.37. The van der Waals surface area contributed by atoms with Crippen molar-refractivity contribution in [2.45, 2.75) is 39.7 Å². The van der Waals surface area contributed by atoms with Gasteiger partial charge in [-0.1, -0.05) is 42.3 Å². The first-order chi connectivity index (χ1) is 16.1. The molecule has 0 N–H and O–H groups in total. The van der Waals surface area contributed by atoms with Gasteiger partial charge in [0.1, 0.15) is 5.75 Å². The number of imidazole rings is 1. The van der Waals surface area contributed by atoms with Crippen LogP contribution in [0, 0.1) is 6.92 Å². The van der Waals surface area contributed by atoms with E-state index in [1.807, 2.05) is 54.1 Å². The molecule has 0 bridgehead atoms. The van der Waals surface area contributed by atoms with Crippen molar-refractivity contribution in [1.82, 2.24) is 14.5 Å². The van der Waals surface area contributed by atoms with E-state index in [1.54, 1.807) is 17.4 Å². The number of hydrogen-bond donors (Lipinski definition) is 0. The minimum atomic E-state index is -0.0893. The Morgan fingerprint density at radius 3 is 2.70 bits per heavy atom. The molecule has 0 unspecified atom stereocenters. The smallest absolute Gasteiger partial charge is 0.260 e. The fraction of sp³-hybridized carbons (Fsp3) is 0.320. The van der Waals surface area contributed by atoms with E-state index in [0.717, 1.165) is 47.3 Å². The molecule has 6 nitrogen and oxygen atoms in total. The molecule has 4 rings (SSSR count). The molecule has 2 heterocycles. The molecule has 0 spiro atoms. The molecule has 0 atom stereocenters. The summed E-state index contributed by atoms with van der Waals surface area (Å²) in [6, 6.07) is 11.2. The van der Waals surface area contributed by atoms with Crippen LogP contribution in [0.1, 0.15) is 42.1 Å². The zero-order chi connectivity index (χ0) is 23.2. The van der Waals surface area contributed by atoms with E-state index < -0.39 is 0 Å². The van der Waals surface area contributed by atoms with Gasteiger partial charge in [-0.2, -0.15) is 0 Å². The Kier molecular flexibility index (Phi) is 7.62. The van der Waals surface area contributed by atoms with E-state index in [2.05, 4.69) is 11.9 Å². The van der Waals surface area contributed by atoms with Crippen LogP contribution in [0.3, 0.4) is 0 Å². The highest BCUT2D eigenvalue weighted by molar-refractivity contribution is 7.23. The zero-order valence-electron chi connectivity index (χ0n) is 18.8. The van der Waals surface area contributed by atoms with E-state index in [-0.39, 0.29) is 5.91 Å².